The Hall–Kier alpha value is -3.54. The molecule has 0 atom stereocenters. The van der Waals surface area contributed by atoms with E-state index in [0.717, 1.165) is 25.7 Å². The lowest BCUT2D eigenvalue weighted by atomic mass is 9.81. The van der Waals surface area contributed by atoms with E-state index in [1.807, 2.05) is 0 Å². The Balaban J connectivity index is 2.14. The van der Waals surface area contributed by atoms with E-state index in [0.29, 0.717) is 27.8 Å². The zero-order valence-electron chi connectivity index (χ0n) is 19.1. The van der Waals surface area contributed by atoms with E-state index in [-0.39, 0.29) is 23.7 Å². The molecule has 0 saturated heterocycles. The number of hydrogen-bond donors (Lipinski definition) is 0. The Bertz CT molecular complexity index is 1190. The van der Waals surface area contributed by atoms with E-state index < -0.39 is 23.6 Å². The average molecular weight is 464 g/mol. The van der Waals surface area contributed by atoms with Gasteiger partial charge in [0.05, 0.1) is 24.8 Å². The molecule has 4 rings (SSSR count). The van der Waals surface area contributed by atoms with Crippen LogP contribution >= 0.6 is 0 Å². The molecule has 1 aliphatic carbocycles. The fourth-order valence-electron chi connectivity index (χ4n) is 4.62. The highest BCUT2D eigenvalue weighted by Gasteiger charge is 2.33. The van der Waals surface area contributed by atoms with E-state index in [1.165, 1.54) is 43.5 Å². The van der Waals surface area contributed by atoms with Crippen LogP contribution in [0.25, 0.3) is 22.3 Å². The van der Waals surface area contributed by atoms with Gasteiger partial charge in [-0.2, -0.15) is 0 Å². The molecule has 0 spiro atoms. The van der Waals surface area contributed by atoms with Crippen LogP contribution in [-0.2, 0) is 9.47 Å². The first-order valence-corrected chi connectivity index (χ1v) is 11.3. The highest BCUT2D eigenvalue weighted by molar-refractivity contribution is 6.11. The van der Waals surface area contributed by atoms with E-state index >= 15 is 0 Å². The van der Waals surface area contributed by atoms with E-state index in [1.54, 1.807) is 19.1 Å². The van der Waals surface area contributed by atoms with Crippen molar-refractivity contribution in [1.29, 1.82) is 0 Å². The van der Waals surface area contributed by atoms with Crippen LogP contribution in [0.2, 0.25) is 0 Å². The van der Waals surface area contributed by atoms with Crippen molar-refractivity contribution in [1.82, 2.24) is 0 Å². The normalized spacial score (nSPS) is 13.6. The zero-order chi connectivity index (χ0) is 24.2. The van der Waals surface area contributed by atoms with Gasteiger partial charge in [0.15, 0.2) is 0 Å². The van der Waals surface area contributed by atoms with Crippen molar-refractivity contribution in [2.24, 2.45) is 0 Å². The maximum absolute atomic E-state index is 13.8. The van der Waals surface area contributed by atoms with Gasteiger partial charge in [-0.15, -0.1) is 0 Å². The van der Waals surface area contributed by atoms with Gasteiger partial charge >= 0.3 is 11.9 Å². The SMILES string of the molecule is CCOC(=O)c1c(-c2ccc(F)cc2)[c]c(C2CCCC2)c(C(=O)OC)c1-c1ccc(F)cc1. The molecule has 3 aromatic carbocycles. The second-order valence-corrected chi connectivity index (χ2v) is 8.25. The summed E-state index contributed by atoms with van der Waals surface area (Å²) in [4.78, 5) is 26.5. The summed E-state index contributed by atoms with van der Waals surface area (Å²) in [6, 6.07) is 14.7. The third-order valence-electron chi connectivity index (χ3n) is 6.18. The molecular weight excluding hydrogens is 438 g/mol. The molecule has 0 aliphatic heterocycles. The maximum atomic E-state index is 13.8. The van der Waals surface area contributed by atoms with Gasteiger partial charge in [0, 0.05) is 11.1 Å². The number of carbonyl (C=O) groups is 2. The van der Waals surface area contributed by atoms with Crippen LogP contribution in [0.1, 0.15) is 64.8 Å². The fraction of sp³-hybridized carbons (Fsp3) is 0.286. The lowest BCUT2D eigenvalue weighted by Crippen LogP contribution is -2.17. The van der Waals surface area contributed by atoms with Crippen molar-refractivity contribution < 1.29 is 27.8 Å². The van der Waals surface area contributed by atoms with Gasteiger partial charge in [0.2, 0.25) is 0 Å². The molecule has 3 aromatic rings. The van der Waals surface area contributed by atoms with E-state index in [9.17, 15) is 18.4 Å². The quantitative estimate of drug-likeness (QED) is 0.381. The summed E-state index contributed by atoms with van der Waals surface area (Å²) >= 11 is 0. The second kappa shape index (κ2) is 10.2. The van der Waals surface area contributed by atoms with Crippen molar-refractivity contribution in [2.45, 2.75) is 38.5 Å². The Morgan fingerprint density at radius 3 is 1.97 bits per heavy atom. The summed E-state index contributed by atoms with van der Waals surface area (Å²) < 4.78 is 38.0. The van der Waals surface area contributed by atoms with Crippen LogP contribution < -0.4 is 0 Å². The molecule has 6 heteroatoms. The molecule has 0 N–H and O–H groups in total. The summed E-state index contributed by atoms with van der Waals surface area (Å²) in [5.41, 5.74) is 2.75. The number of carbonyl (C=O) groups excluding carboxylic acids is 2. The molecule has 0 amide bonds. The number of esters is 2. The first-order valence-electron chi connectivity index (χ1n) is 11.3. The fourth-order valence-corrected chi connectivity index (χ4v) is 4.62. The molecule has 1 aliphatic rings. The molecule has 34 heavy (non-hydrogen) atoms. The second-order valence-electron chi connectivity index (χ2n) is 8.25. The minimum Gasteiger partial charge on any atom is -0.465 e. The van der Waals surface area contributed by atoms with Crippen LogP contribution in [0.15, 0.2) is 48.5 Å². The largest absolute Gasteiger partial charge is 0.465 e. The lowest BCUT2D eigenvalue weighted by Gasteiger charge is -2.23. The van der Waals surface area contributed by atoms with Gasteiger partial charge in [0.25, 0.3) is 0 Å². The van der Waals surface area contributed by atoms with Crippen LogP contribution in [0.3, 0.4) is 0 Å². The zero-order valence-corrected chi connectivity index (χ0v) is 19.1. The maximum Gasteiger partial charge on any atom is 0.339 e. The Morgan fingerprint density at radius 2 is 1.44 bits per heavy atom. The lowest BCUT2D eigenvalue weighted by molar-refractivity contribution is 0.0528. The summed E-state index contributed by atoms with van der Waals surface area (Å²) in [7, 11) is 1.28. The van der Waals surface area contributed by atoms with Crippen molar-refractivity contribution in [3.63, 3.8) is 0 Å². The molecule has 0 bridgehead atoms. The van der Waals surface area contributed by atoms with Gasteiger partial charge in [-0.05, 0) is 72.7 Å². The molecule has 1 saturated carbocycles. The molecule has 0 unspecified atom stereocenters. The Kier molecular flexibility index (Phi) is 7.06. The molecule has 1 fully saturated rings. The highest BCUT2D eigenvalue weighted by Crippen LogP contribution is 2.44. The molecule has 0 heterocycles. The molecular formula is C28H25F2O4. The van der Waals surface area contributed by atoms with Gasteiger partial charge in [-0.3, -0.25) is 0 Å². The van der Waals surface area contributed by atoms with Crippen molar-refractivity contribution >= 4 is 11.9 Å². The standard InChI is InChI=1S/C28H25F2O4/c1-3-34-28(32)26-23(18-8-12-20(29)13-9-18)16-22(17-6-4-5-7-17)25(27(31)33-2)24(26)19-10-14-21(30)15-11-19/h8-15,17H,3-7H2,1-2H3. The van der Waals surface area contributed by atoms with E-state index in [2.05, 4.69) is 6.07 Å². The smallest absolute Gasteiger partial charge is 0.339 e. The Labute approximate surface area is 197 Å². The van der Waals surface area contributed by atoms with Crippen molar-refractivity contribution in [3.05, 3.63) is 82.9 Å². The van der Waals surface area contributed by atoms with Crippen LogP contribution in [0, 0.1) is 17.7 Å². The predicted octanol–water partition coefficient (Wildman–Crippen LogP) is 6.72. The topological polar surface area (TPSA) is 52.6 Å². The minimum atomic E-state index is -0.652. The number of benzene rings is 3. The van der Waals surface area contributed by atoms with Gasteiger partial charge in [-0.1, -0.05) is 37.1 Å². The van der Waals surface area contributed by atoms with Gasteiger partial charge < -0.3 is 9.47 Å². The number of methoxy groups -OCH3 is 1. The molecule has 4 nitrogen and oxygen atoms in total. The molecule has 175 valence electrons. The summed E-state index contributed by atoms with van der Waals surface area (Å²) in [5.74, 6) is -2.07. The number of hydrogen-bond acceptors (Lipinski definition) is 4. The van der Waals surface area contributed by atoms with Crippen LogP contribution in [0.4, 0.5) is 8.78 Å². The van der Waals surface area contributed by atoms with Gasteiger partial charge in [0.1, 0.15) is 11.6 Å². The monoisotopic (exact) mass is 463 g/mol. The molecule has 1 radical (unpaired) electrons. The third-order valence-corrected chi connectivity index (χ3v) is 6.18. The van der Waals surface area contributed by atoms with Crippen molar-refractivity contribution in [2.75, 3.05) is 13.7 Å². The summed E-state index contributed by atoms with van der Waals surface area (Å²) in [6.07, 6.45) is 3.75. The first-order chi connectivity index (χ1) is 16.4. The minimum absolute atomic E-state index is 0.0451. The number of ether oxygens (including phenoxy) is 2. The van der Waals surface area contributed by atoms with E-state index in [4.69, 9.17) is 9.47 Å². The third kappa shape index (κ3) is 4.58. The number of rotatable bonds is 6. The van der Waals surface area contributed by atoms with Gasteiger partial charge in [-0.25, -0.2) is 18.4 Å². The van der Waals surface area contributed by atoms with Crippen LogP contribution in [0.5, 0.6) is 0 Å². The average Bonchev–Trinajstić information content (AvgIpc) is 3.38. The Morgan fingerprint density at radius 1 is 0.882 bits per heavy atom. The summed E-state index contributed by atoms with van der Waals surface area (Å²) in [6.45, 7) is 1.80. The first kappa shape index (κ1) is 23.6. The predicted molar refractivity (Wildman–Crippen MR) is 125 cm³/mol. The highest BCUT2D eigenvalue weighted by atomic mass is 19.1. The van der Waals surface area contributed by atoms with Crippen molar-refractivity contribution in [3.8, 4) is 22.3 Å². The summed E-state index contributed by atoms with van der Waals surface area (Å²) in [5, 5.41) is 0. The number of halogens is 2. The van der Waals surface area contributed by atoms with Crippen LogP contribution in [-0.4, -0.2) is 25.7 Å². The molecule has 0 aromatic heterocycles.